The highest BCUT2D eigenvalue weighted by molar-refractivity contribution is 7.99. The lowest BCUT2D eigenvalue weighted by molar-refractivity contribution is -0.140. The molecule has 0 aliphatic carbocycles. The minimum absolute atomic E-state index is 0.0486. The summed E-state index contributed by atoms with van der Waals surface area (Å²) in [5.41, 5.74) is 1.80. The first kappa shape index (κ1) is 16.3. The Hall–Kier alpha value is -1.53. The first-order chi connectivity index (χ1) is 11.2. The summed E-state index contributed by atoms with van der Waals surface area (Å²) < 4.78 is 10.4. The minimum atomic E-state index is -0.221. The number of hydrogen-bond acceptors (Lipinski definition) is 5. The molecule has 2 atom stereocenters. The molecule has 2 unspecified atom stereocenters. The Kier molecular flexibility index (Phi) is 5.23. The van der Waals surface area contributed by atoms with Gasteiger partial charge >= 0.3 is 5.97 Å². The Morgan fingerprint density at radius 2 is 2.26 bits per heavy atom. The van der Waals surface area contributed by atoms with Crippen molar-refractivity contribution < 1.29 is 19.1 Å². The maximum atomic E-state index is 12.7. The highest BCUT2D eigenvalue weighted by atomic mass is 32.2. The van der Waals surface area contributed by atoms with Gasteiger partial charge in [-0.3, -0.25) is 9.59 Å². The van der Waals surface area contributed by atoms with Crippen molar-refractivity contribution in [2.45, 2.75) is 30.7 Å². The van der Waals surface area contributed by atoms with Crippen LogP contribution >= 0.6 is 11.8 Å². The molecule has 1 aromatic rings. The first-order valence-electron chi connectivity index (χ1n) is 7.90. The van der Waals surface area contributed by atoms with Gasteiger partial charge in [0.2, 0.25) is 0 Å². The van der Waals surface area contributed by atoms with E-state index >= 15 is 0 Å². The summed E-state index contributed by atoms with van der Waals surface area (Å²) in [6, 6.07) is 7.72. The number of nitrogens with zero attached hydrogens (tertiary/aromatic N) is 1. The molecular weight excluding hydrogens is 314 g/mol. The zero-order valence-electron chi connectivity index (χ0n) is 13.2. The molecule has 5 nitrogen and oxygen atoms in total. The second-order valence-electron chi connectivity index (χ2n) is 5.73. The lowest BCUT2D eigenvalue weighted by atomic mass is 10.1. The largest absolute Gasteiger partial charge is 0.469 e. The van der Waals surface area contributed by atoms with E-state index in [1.807, 2.05) is 29.2 Å². The van der Waals surface area contributed by atoms with E-state index in [-0.39, 0.29) is 23.4 Å². The smallest absolute Gasteiger partial charge is 0.306 e. The van der Waals surface area contributed by atoms with E-state index in [0.717, 1.165) is 30.6 Å². The summed E-state index contributed by atoms with van der Waals surface area (Å²) in [6.45, 7) is 1.39. The second kappa shape index (κ2) is 7.36. The number of carbonyl (C=O) groups excluding carboxylic acids is 2. The number of rotatable bonds is 6. The van der Waals surface area contributed by atoms with Gasteiger partial charge in [-0.05, 0) is 24.5 Å². The van der Waals surface area contributed by atoms with Gasteiger partial charge in [-0.15, -0.1) is 11.8 Å². The molecule has 0 aromatic heterocycles. The molecule has 0 saturated carbocycles. The average molecular weight is 335 g/mol. The van der Waals surface area contributed by atoms with E-state index in [9.17, 15) is 9.59 Å². The summed E-state index contributed by atoms with van der Waals surface area (Å²) in [7, 11) is 1.39. The van der Waals surface area contributed by atoms with Crippen LogP contribution in [0.1, 0.15) is 40.6 Å². The van der Waals surface area contributed by atoms with Gasteiger partial charge in [-0.25, -0.2) is 0 Å². The third-order valence-corrected chi connectivity index (χ3v) is 5.50. The minimum Gasteiger partial charge on any atom is -0.469 e. The van der Waals surface area contributed by atoms with Crippen molar-refractivity contribution in [3.63, 3.8) is 0 Å². The number of thioether (sulfide) groups is 1. The molecule has 6 heteroatoms. The molecule has 0 spiro atoms. The van der Waals surface area contributed by atoms with Gasteiger partial charge in [0.15, 0.2) is 0 Å². The van der Waals surface area contributed by atoms with Gasteiger partial charge in [-0.2, -0.15) is 0 Å². The normalized spacial score (nSPS) is 23.2. The van der Waals surface area contributed by atoms with Gasteiger partial charge in [0.1, 0.15) is 5.37 Å². The monoisotopic (exact) mass is 335 g/mol. The molecule has 1 aromatic carbocycles. The molecule has 23 heavy (non-hydrogen) atoms. The zero-order valence-corrected chi connectivity index (χ0v) is 14.0. The van der Waals surface area contributed by atoms with Crippen molar-refractivity contribution in [3.8, 4) is 0 Å². The molecule has 2 aliphatic rings. The molecule has 3 rings (SSSR count). The summed E-state index contributed by atoms with van der Waals surface area (Å²) in [4.78, 5) is 25.9. The predicted octanol–water partition coefficient (Wildman–Crippen LogP) is 2.62. The maximum absolute atomic E-state index is 12.7. The fourth-order valence-corrected chi connectivity index (χ4v) is 4.31. The van der Waals surface area contributed by atoms with Gasteiger partial charge in [-0.1, -0.05) is 18.2 Å². The topological polar surface area (TPSA) is 55.8 Å². The van der Waals surface area contributed by atoms with Gasteiger partial charge in [0.25, 0.3) is 5.91 Å². The van der Waals surface area contributed by atoms with Gasteiger partial charge in [0.05, 0.1) is 19.6 Å². The van der Waals surface area contributed by atoms with Crippen LogP contribution in [-0.2, 0) is 14.3 Å². The molecule has 2 heterocycles. The Labute approximate surface area is 140 Å². The number of fused-ring (bicyclic) bond motifs is 1. The van der Waals surface area contributed by atoms with Crippen LogP contribution < -0.4 is 0 Å². The van der Waals surface area contributed by atoms with Crippen molar-refractivity contribution in [1.29, 1.82) is 0 Å². The van der Waals surface area contributed by atoms with E-state index in [1.54, 1.807) is 11.8 Å². The van der Waals surface area contributed by atoms with E-state index in [1.165, 1.54) is 7.11 Å². The third kappa shape index (κ3) is 3.53. The van der Waals surface area contributed by atoms with Crippen molar-refractivity contribution in [1.82, 2.24) is 4.90 Å². The summed E-state index contributed by atoms with van der Waals surface area (Å²) in [6.07, 6.45) is 2.53. The molecule has 0 bridgehead atoms. The molecule has 0 radical (unpaired) electrons. The van der Waals surface area contributed by atoms with E-state index < -0.39 is 0 Å². The number of methoxy groups -OCH3 is 1. The van der Waals surface area contributed by atoms with Crippen LogP contribution in [-0.4, -0.2) is 48.9 Å². The number of carbonyl (C=O) groups is 2. The molecular formula is C17H21NO4S. The summed E-state index contributed by atoms with van der Waals surface area (Å²) >= 11 is 1.61. The number of benzene rings is 1. The number of ether oxygens (including phenoxy) is 2. The Morgan fingerprint density at radius 3 is 3.00 bits per heavy atom. The number of amides is 1. The van der Waals surface area contributed by atoms with Crippen LogP contribution in [0, 0.1) is 0 Å². The van der Waals surface area contributed by atoms with Crippen molar-refractivity contribution in [3.05, 3.63) is 35.4 Å². The van der Waals surface area contributed by atoms with Crippen LogP contribution in [0.15, 0.2) is 24.3 Å². The van der Waals surface area contributed by atoms with Gasteiger partial charge < -0.3 is 14.4 Å². The highest BCUT2D eigenvalue weighted by Gasteiger charge is 2.38. The highest BCUT2D eigenvalue weighted by Crippen LogP contribution is 2.42. The van der Waals surface area contributed by atoms with E-state index in [2.05, 4.69) is 4.74 Å². The Balaban J connectivity index is 1.73. The molecule has 124 valence electrons. The van der Waals surface area contributed by atoms with Crippen LogP contribution in [0.3, 0.4) is 0 Å². The third-order valence-electron chi connectivity index (χ3n) is 4.24. The molecule has 2 aliphatic heterocycles. The van der Waals surface area contributed by atoms with Crippen molar-refractivity contribution in [2.24, 2.45) is 0 Å². The fourth-order valence-electron chi connectivity index (χ4n) is 3.06. The Morgan fingerprint density at radius 1 is 1.43 bits per heavy atom. The van der Waals surface area contributed by atoms with Crippen LogP contribution in [0.5, 0.6) is 0 Å². The molecule has 1 amide bonds. The lowest BCUT2D eigenvalue weighted by Crippen LogP contribution is -2.34. The van der Waals surface area contributed by atoms with Crippen molar-refractivity contribution >= 4 is 23.6 Å². The second-order valence-corrected chi connectivity index (χ2v) is 6.92. The summed E-state index contributed by atoms with van der Waals surface area (Å²) in [5, 5.41) is -0.0486. The van der Waals surface area contributed by atoms with Crippen LogP contribution in [0.25, 0.3) is 0 Å². The first-order valence-corrected chi connectivity index (χ1v) is 8.95. The zero-order chi connectivity index (χ0) is 16.2. The number of hydrogen-bond donors (Lipinski definition) is 0. The van der Waals surface area contributed by atoms with Crippen molar-refractivity contribution in [2.75, 3.05) is 26.0 Å². The van der Waals surface area contributed by atoms with Crippen LogP contribution in [0.2, 0.25) is 0 Å². The van der Waals surface area contributed by atoms with Gasteiger partial charge in [0, 0.05) is 24.5 Å². The lowest BCUT2D eigenvalue weighted by Gasteiger charge is -2.27. The fraction of sp³-hybridized carbons (Fsp3) is 0.529. The van der Waals surface area contributed by atoms with E-state index in [0.29, 0.717) is 18.7 Å². The molecule has 0 N–H and O–H groups in total. The average Bonchev–Trinajstić information content (AvgIpc) is 3.17. The Bertz CT molecular complexity index is 586. The SMILES string of the molecule is COC(=O)CCSC1c2ccccc2C(=O)N1CC1CCCO1. The predicted molar refractivity (Wildman–Crippen MR) is 88.3 cm³/mol. The maximum Gasteiger partial charge on any atom is 0.306 e. The molecule has 1 fully saturated rings. The summed E-state index contributed by atoms with van der Waals surface area (Å²) in [5.74, 6) is 0.466. The number of esters is 1. The quantitative estimate of drug-likeness (QED) is 0.748. The molecule has 1 saturated heterocycles. The van der Waals surface area contributed by atoms with E-state index in [4.69, 9.17) is 4.74 Å². The van der Waals surface area contributed by atoms with Crippen LogP contribution in [0.4, 0.5) is 0 Å². The standard InChI is InChI=1S/C17H21NO4S/c1-21-15(19)8-10-23-17-14-7-3-2-6-13(14)16(20)18(17)11-12-5-4-9-22-12/h2-3,6-7,12,17H,4-5,8-11H2,1H3.